The summed E-state index contributed by atoms with van der Waals surface area (Å²) in [6, 6.07) is 5.99. The molecule has 0 aliphatic carbocycles. The summed E-state index contributed by atoms with van der Waals surface area (Å²) in [5, 5.41) is 5.71. The number of carbonyl (C=O) groups is 1. The molecule has 1 amide bonds. The average molecular weight is 328 g/mol. The lowest BCUT2D eigenvalue weighted by atomic mass is 10.2. The molecule has 0 saturated carbocycles. The third-order valence-corrected chi connectivity index (χ3v) is 3.63. The van der Waals surface area contributed by atoms with E-state index in [1.165, 1.54) is 0 Å². The van der Waals surface area contributed by atoms with Gasteiger partial charge < -0.3 is 4.74 Å². The Morgan fingerprint density at radius 1 is 1.39 bits per heavy atom. The van der Waals surface area contributed by atoms with Gasteiger partial charge in [0.1, 0.15) is 5.60 Å². The van der Waals surface area contributed by atoms with Gasteiger partial charge in [-0.2, -0.15) is 0 Å². The van der Waals surface area contributed by atoms with Crippen molar-refractivity contribution in [2.75, 3.05) is 5.32 Å². The standard InChI is InChI=1S/C13H14BrNO2S/c1-13(2,3)17-12(16)15-10-7-18-11-5-4-8(14)6-9(10)11/h4-7H,1-3H3,(H,15,16). The molecule has 0 atom stereocenters. The summed E-state index contributed by atoms with van der Waals surface area (Å²) < 4.78 is 7.35. The molecule has 0 aliphatic heterocycles. The van der Waals surface area contributed by atoms with Gasteiger partial charge in [0.25, 0.3) is 0 Å². The van der Waals surface area contributed by atoms with E-state index in [0.29, 0.717) is 0 Å². The maximum atomic E-state index is 11.7. The van der Waals surface area contributed by atoms with Gasteiger partial charge in [-0.1, -0.05) is 15.9 Å². The number of halogens is 1. The van der Waals surface area contributed by atoms with E-state index >= 15 is 0 Å². The number of anilines is 1. The SMILES string of the molecule is CC(C)(C)OC(=O)Nc1csc2ccc(Br)cc12. The van der Waals surface area contributed by atoms with Gasteiger partial charge >= 0.3 is 6.09 Å². The minimum atomic E-state index is -0.490. The minimum absolute atomic E-state index is 0.429. The van der Waals surface area contributed by atoms with E-state index in [1.54, 1.807) is 11.3 Å². The second kappa shape index (κ2) is 4.90. The van der Waals surface area contributed by atoms with E-state index in [-0.39, 0.29) is 0 Å². The molecule has 0 saturated heterocycles. The molecule has 2 rings (SSSR count). The number of amides is 1. The van der Waals surface area contributed by atoms with E-state index < -0.39 is 11.7 Å². The highest BCUT2D eigenvalue weighted by molar-refractivity contribution is 9.10. The zero-order valence-corrected chi connectivity index (χ0v) is 12.8. The lowest BCUT2D eigenvalue weighted by Crippen LogP contribution is -2.27. The Kier molecular flexibility index (Phi) is 3.64. The molecule has 18 heavy (non-hydrogen) atoms. The van der Waals surface area contributed by atoms with Crippen LogP contribution in [0.15, 0.2) is 28.1 Å². The van der Waals surface area contributed by atoms with Crippen LogP contribution in [0.3, 0.4) is 0 Å². The molecular weight excluding hydrogens is 314 g/mol. The number of fused-ring (bicyclic) bond motifs is 1. The van der Waals surface area contributed by atoms with Gasteiger partial charge in [-0.3, -0.25) is 5.32 Å². The van der Waals surface area contributed by atoms with E-state index in [4.69, 9.17) is 4.74 Å². The predicted octanol–water partition coefficient (Wildman–Crippen LogP) is 5.01. The molecule has 0 unspecified atom stereocenters. The van der Waals surface area contributed by atoms with Gasteiger partial charge in [0, 0.05) is 19.9 Å². The van der Waals surface area contributed by atoms with Crippen LogP contribution < -0.4 is 5.32 Å². The second-order valence-corrected chi connectivity index (χ2v) is 6.74. The Labute approximate surface area is 118 Å². The number of hydrogen-bond donors (Lipinski definition) is 1. The van der Waals surface area contributed by atoms with Crippen molar-refractivity contribution >= 4 is 49.1 Å². The Hall–Kier alpha value is -1.07. The van der Waals surface area contributed by atoms with Gasteiger partial charge in [-0.05, 0) is 39.0 Å². The number of nitrogens with one attached hydrogen (secondary N) is 1. The zero-order valence-electron chi connectivity index (χ0n) is 10.4. The quantitative estimate of drug-likeness (QED) is 0.799. The summed E-state index contributed by atoms with van der Waals surface area (Å²) in [4.78, 5) is 11.7. The van der Waals surface area contributed by atoms with Crippen molar-refractivity contribution in [1.29, 1.82) is 0 Å². The molecule has 0 fully saturated rings. The molecule has 3 nitrogen and oxygen atoms in total. The summed E-state index contributed by atoms with van der Waals surface area (Å²) in [6.07, 6.45) is -0.429. The molecule has 0 radical (unpaired) electrons. The van der Waals surface area contributed by atoms with Crippen molar-refractivity contribution in [3.63, 3.8) is 0 Å². The van der Waals surface area contributed by atoms with Gasteiger partial charge in [0.2, 0.25) is 0 Å². The Bertz CT molecular complexity index is 586. The van der Waals surface area contributed by atoms with Gasteiger partial charge in [-0.25, -0.2) is 4.79 Å². The van der Waals surface area contributed by atoms with E-state index in [2.05, 4.69) is 21.2 Å². The van der Waals surface area contributed by atoms with Gasteiger partial charge in [0.15, 0.2) is 0 Å². The summed E-state index contributed by atoms with van der Waals surface area (Å²) in [7, 11) is 0. The van der Waals surface area contributed by atoms with Crippen LogP contribution in [0.2, 0.25) is 0 Å². The Balaban J connectivity index is 2.22. The number of thiophene rings is 1. The normalized spacial score (nSPS) is 11.6. The molecule has 0 aliphatic rings. The zero-order chi connectivity index (χ0) is 13.3. The Morgan fingerprint density at radius 2 is 2.11 bits per heavy atom. The van der Waals surface area contributed by atoms with Gasteiger partial charge in [0.05, 0.1) is 5.69 Å². The number of hydrogen-bond acceptors (Lipinski definition) is 3. The van der Waals surface area contributed by atoms with Crippen molar-refractivity contribution in [2.24, 2.45) is 0 Å². The van der Waals surface area contributed by atoms with Gasteiger partial charge in [-0.15, -0.1) is 11.3 Å². The highest BCUT2D eigenvalue weighted by atomic mass is 79.9. The monoisotopic (exact) mass is 327 g/mol. The highest BCUT2D eigenvalue weighted by Gasteiger charge is 2.17. The molecule has 1 aromatic carbocycles. The van der Waals surface area contributed by atoms with E-state index in [0.717, 1.165) is 20.2 Å². The number of benzene rings is 1. The van der Waals surface area contributed by atoms with E-state index in [9.17, 15) is 4.79 Å². The molecule has 2 aromatic rings. The van der Waals surface area contributed by atoms with Crippen LogP contribution in [0.1, 0.15) is 20.8 Å². The average Bonchev–Trinajstić information content (AvgIpc) is 2.58. The second-order valence-electron chi connectivity index (χ2n) is 4.92. The largest absolute Gasteiger partial charge is 0.444 e. The molecular formula is C13H14BrNO2S. The minimum Gasteiger partial charge on any atom is -0.444 e. The number of rotatable bonds is 1. The summed E-state index contributed by atoms with van der Waals surface area (Å²) in [5.74, 6) is 0. The fraction of sp³-hybridized carbons (Fsp3) is 0.308. The summed E-state index contributed by atoms with van der Waals surface area (Å²) in [5.41, 5.74) is 0.293. The molecule has 1 heterocycles. The van der Waals surface area contributed by atoms with Crippen LogP contribution in [0.25, 0.3) is 10.1 Å². The first kappa shape index (κ1) is 13.4. The molecule has 96 valence electrons. The number of carbonyl (C=O) groups excluding carboxylic acids is 1. The molecule has 0 bridgehead atoms. The van der Waals surface area contributed by atoms with Crippen molar-refractivity contribution in [2.45, 2.75) is 26.4 Å². The Morgan fingerprint density at radius 3 is 2.78 bits per heavy atom. The third-order valence-electron chi connectivity index (χ3n) is 2.17. The van der Waals surface area contributed by atoms with Crippen molar-refractivity contribution in [3.05, 3.63) is 28.1 Å². The molecule has 1 aromatic heterocycles. The first-order valence-corrected chi connectivity index (χ1v) is 7.19. The van der Waals surface area contributed by atoms with Crippen LogP contribution in [-0.2, 0) is 4.74 Å². The molecule has 5 heteroatoms. The lowest BCUT2D eigenvalue weighted by molar-refractivity contribution is 0.0636. The third kappa shape index (κ3) is 3.23. The first-order chi connectivity index (χ1) is 8.35. The fourth-order valence-corrected chi connectivity index (χ4v) is 2.75. The molecule has 0 spiro atoms. The van der Waals surface area contributed by atoms with Crippen molar-refractivity contribution < 1.29 is 9.53 Å². The maximum absolute atomic E-state index is 11.7. The lowest BCUT2D eigenvalue weighted by Gasteiger charge is -2.19. The number of ether oxygens (including phenoxy) is 1. The van der Waals surface area contributed by atoms with Crippen molar-refractivity contribution in [1.82, 2.24) is 0 Å². The van der Waals surface area contributed by atoms with Crippen LogP contribution in [0, 0.1) is 0 Å². The van der Waals surface area contributed by atoms with Crippen LogP contribution in [0.4, 0.5) is 10.5 Å². The van der Waals surface area contributed by atoms with Crippen LogP contribution in [-0.4, -0.2) is 11.7 Å². The molecule has 1 N–H and O–H groups in total. The van der Waals surface area contributed by atoms with Crippen LogP contribution in [0.5, 0.6) is 0 Å². The fourth-order valence-electron chi connectivity index (χ4n) is 1.51. The smallest absolute Gasteiger partial charge is 0.412 e. The van der Waals surface area contributed by atoms with Crippen molar-refractivity contribution in [3.8, 4) is 0 Å². The van der Waals surface area contributed by atoms with E-state index in [1.807, 2.05) is 44.4 Å². The van der Waals surface area contributed by atoms with Crippen LogP contribution >= 0.6 is 27.3 Å². The summed E-state index contributed by atoms with van der Waals surface area (Å²) in [6.45, 7) is 5.53. The first-order valence-electron chi connectivity index (χ1n) is 5.52. The summed E-state index contributed by atoms with van der Waals surface area (Å²) >= 11 is 5.02. The predicted molar refractivity (Wildman–Crippen MR) is 79.4 cm³/mol. The highest BCUT2D eigenvalue weighted by Crippen LogP contribution is 2.32. The maximum Gasteiger partial charge on any atom is 0.412 e. The topological polar surface area (TPSA) is 38.3 Å².